The van der Waals surface area contributed by atoms with Crippen LogP contribution in [0.2, 0.25) is 0 Å². The Morgan fingerprint density at radius 3 is 2.75 bits per heavy atom. The minimum Gasteiger partial charge on any atom is -0.381 e. The van der Waals surface area contributed by atoms with E-state index < -0.39 is 0 Å². The maximum Gasteiger partial charge on any atom is 0.0468 e. The zero-order valence-electron chi connectivity index (χ0n) is 7.88. The summed E-state index contributed by atoms with van der Waals surface area (Å²) in [5.41, 5.74) is 0. The highest BCUT2D eigenvalue weighted by molar-refractivity contribution is 4.85. The molecule has 2 nitrogen and oxygen atoms in total. The summed E-state index contributed by atoms with van der Waals surface area (Å²) >= 11 is 0. The number of nitrogens with one attached hydrogen (secondary N) is 1. The molecule has 0 aromatic rings. The van der Waals surface area contributed by atoms with Crippen LogP contribution in [0.25, 0.3) is 0 Å². The maximum absolute atomic E-state index is 5.29. The predicted molar refractivity (Wildman–Crippen MR) is 51.2 cm³/mol. The largest absolute Gasteiger partial charge is 0.381 e. The normalized spacial score (nSPS) is 20.4. The topological polar surface area (TPSA) is 21.3 Å². The molecule has 0 saturated carbocycles. The summed E-state index contributed by atoms with van der Waals surface area (Å²) in [5.74, 6) is 0.867. The van der Waals surface area contributed by atoms with Gasteiger partial charge in [0.1, 0.15) is 0 Å². The van der Waals surface area contributed by atoms with Crippen LogP contribution in [0.5, 0.6) is 0 Å². The third-order valence-electron chi connectivity index (χ3n) is 2.30. The smallest absolute Gasteiger partial charge is 0.0468 e. The van der Waals surface area contributed by atoms with Crippen molar-refractivity contribution in [3.63, 3.8) is 0 Å². The second kappa shape index (κ2) is 6.21. The Morgan fingerprint density at radius 2 is 2.08 bits per heavy atom. The molecule has 1 saturated heterocycles. The van der Waals surface area contributed by atoms with E-state index in [1.54, 1.807) is 0 Å². The van der Waals surface area contributed by atoms with Crippen LogP contribution in [-0.4, -0.2) is 26.8 Å². The zero-order chi connectivity index (χ0) is 8.65. The van der Waals surface area contributed by atoms with Gasteiger partial charge in [-0.2, -0.15) is 0 Å². The molecule has 0 aromatic heterocycles. The van der Waals surface area contributed by atoms with Gasteiger partial charge in [0.25, 0.3) is 0 Å². The van der Waals surface area contributed by atoms with Gasteiger partial charge >= 0.3 is 0 Å². The van der Waals surface area contributed by atoms with Crippen LogP contribution >= 0.6 is 0 Å². The highest BCUT2D eigenvalue weighted by atomic mass is 16.5. The average molecular weight is 169 g/mol. The lowest BCUT2D eigenvalue weighted by Crippen LogP contribution is -2.14. The molecule has 1 fully saturated rings. The molecule has 0 radical (unpaired) electrons. The molecule has 12 heavy (non-hydrogen) atoms. The Kier molecular flexibility index (Phi) is 5.04. The lowest BCUT2D eigenvalue weighted by atomic mass is 9.96. The van der Waals surface area contributed by atoms with Crippen LogP contribution in [0.1, 0.15) is 19.3 Å². The van der Waals surface area contributed by atoms with Crippen molar-refractivity contribution in [3.05, 3.63) is 12.2 Å². The van der Waals surface area contributed by atoms with Crippen molar-refractivity contribution in [2.75, 3.05) is 26.8 Å². The van der Waals surface area contributed by atoms with Gasteiger partial charge in [0.05, 0.1) is 0 Å². The van der Waals surface area contributed by atoms with Crippen molar-refractivity contribution in [2.45, 2.75) is 19.3 Å². The molecule has 0 aliphatic carbocycles. The van der Waals surface area contributed by atoms with E-state index in [0.29, 0.717) is 0 Å². The highest BCUT2D eigenvalue weighted by Crippen LogP contribution is 2.18. The van der Waals surface area contributed by atoms with Crippen LogP contribution in [0.15, 0.2) is 12.2 Å². The first-order valence-electron chi connectivity index (χ1n) is 4.81. The van der Waals surface area contributed by atoms with Gasteiger partial charge in [-0.05, 0) is 32.2 Å². The first-order valence-corrected chi connectivity index (χ1v) is 4.81. The standard InChI is InChI=1S/C10H19NO/c1-11-7-3-2-4-10-5-8-12-9-6-10/h2-3,10-11H,4-9H2,1H3/b3-2-. The minimum absolute atomic E-state index is 0.867. The summed E-state index contributed by atoms with van der Waals surface area (Å²) in [5, 5.41) is 3.09. The molecule has 0 aromatic carbocycles. The van der Waals surface area contributed by atoms with Gasteiger partial charge in [-0.1, -0.05) is 12.2 Å². The zero-order valence-corrected chi connectivity index (χ0v) is 7.88. The highest BCUT2D eigenvalue weighted by Gasteiger charge is 2.11. The monoisotopic (exact) mass is 169 g/mol. The summed E-state index contributed by atoms with van der Waals surface area (Å²) in [6.07, 6.45) is 8.20. The van der Waals surface area contributed by atoms with Gasteiger partial charge in [0, 0.05) is 19.8 Å². The van der Waals surface area contributed by atoms with Gasteiger partial charge in [0.15, 0.2) is 0 Å². The quantitative estimate of drug-likeness (QED) is 0.645. The van der Waals surface area contributed by atoms with Gasteiger partial charge in [-0.25, -0.2) is 0 Å². The van der Waals surface area contributed by atoms with Crippen molar-refractivity contribution >= 4 is 0 Å². The molecule has 1 N–H and O–H groups in total. The Morgan fingerprint density at radius 1 is 1.33 bits per heavy atom. The Hall–Kier alpha value is -0.340. The average Bonchev–Trinajstić information content (AvgIpc) is 2.14. The molecule has 1 aliphatic rings. The Balaban J connectivity index is 2.04. The number of rotatable bonds is 4. The van der Waals surface area contributed by atoms with Crippen molar-refractivity contribution in [2.24, 2.45) is 5.92 Å². The molecule has 70 valence electrons. The number of hydrogen-bond donors (Lipinski definition) is 1. The van der Waals surface area contributed by atoms with Gasteiger partial charge in [-0.15, -0.1) is 0 Å². The predicted octanol–water partition coefficient (Wildman–Crippen LogP) is 1.58. The lowest BCUT2D eigenvalue weighted by Gasteiger charge is -2.20. The van der Waals surface area contributed by atoms with E-state index in [2.05, 4.69) is 17.5 Å². The molecule has 1 heterocycles. The van der Waals surface area contributed by atoms with Crippen molar-refractivity contribution in [1.29, 1.82) is 0 Å². The molecule has 0 unspecified atom stereocenters. The van der Waals surface area contributed by atoms with E-state index in [0.717, 1.165) is 25.7 Å². The number of ether oxygens (including phenoxy) is 1. The van der Waals surface area contributed by atoms with E-state index in [9.17, 15) is 0 Å². The Labute approximate surface area is 75.0 Å². The van der Waals surface area contributed by atoms with Gasteiger partial charge in [-0.3, -0.25) is 0 Å². The molecule has 2 heteroatoms. The molecule has 1 rings (SSSR count). The summed E-state index contributed by atoms with van der Waals surface area (Å²) in [6, 6.07) is 0. The van der Waals surface area contributed by atoms with Crippen molar-refractivity contribution in [3.8, 4) is 0 Å². The first-order chi connectivity index (χ1) is 5.93. The van der Waals surface area contributed by atoms with E-state index in [-0.39, 0.29) is 0 Å². The van der Waals surface area contributed by atoms with Crippen molar-refractivity contribution in [1.82, 2.24) is 5.32 Å². The van der Waals surface area contributed by atoms with Crippen LogP contribution in [0.3, 0.4) is 0 Å². The molecule has 1 aliphatic heterocycles. The summed E-state index contributed by atoms with van der Waals surface area (Å²) in [6.45, 7) is 2.91. The summed E-state index contributed by atoms with van der Waals surface area (Å²) in [7, 11) is 1.97. The lowest BCUT2D eigenvalue weighted by molar-refractivity contribution is 0.0672. The third-order valence-corrected chi connectivity index (χ3v) is 2.30. The SMILES string of the molecule is CNC/C=C\CC1CCOCC1. The molecule has 0 atom stereocenters. The van der Waals surface area contributed by atoms with Gasteiger partial charge in [0.2, 0.25) is 0 Å². The maximum atomic E-state index is 5.29. The molecule has 0 bridgehead atoms. The van der Waals surface area contributed by atoms with Crippen LogP contribution in [0.4, 0.5) is 0 Å². The van der Waals surface area contributed by atoms with Crippen LogP contribution in [0, 0.1) is 5.92 Å². The fourth-order valence-corrected chi connectivity index (χ4v) is 1.47. The van der Waals surface area contributed by atoms with E-state index in [1.165, 1.54) is 19.3 Å². The minimum atomic E-state index is 0.867. The van der Waals surface area contributed by atoms with Crippen molar-refractivity contribution < 1.29 is 4.74 Å². The third kappa shape index (κ3) is 3.88. The number of allylic oxidation sites excluding steroid dienone is 1. The molecular weight excluding hydrogens is 150 g/mol. The summed E-state index contributed by atoms with van der Waals surface area (Å²) < 4.78 is 5.29. The second-order valence-electron chi connectivity index (χ2n) is 3.32. The number of likely N-dealkylation sites (N-methyl/N-ethyl adjacent to an activating group) is 1. The van der Waals surface area contributed by atoms with E-state index >= 15 is 0 Å². The second-order valence-corrected chi connectivity index (χ2v) is 3.32. The van der Waals surface area contributed by atoms with E-state index in [1.807, 2.05) is 7.05 Å². The van der Waals surface area contributed by atoms with E-state index in [4.69, 9.17) is 4.74 Å². The molecule has 0 amide bonds. The fourth-order valence-electron chi connectivity index (χ4n) is 1.47. The summed E-state index contributed by atoms with van der Waals surface area (Å²) in [4.78, 5) is 0. The number of hydrogen-bond acceptors (Lipinski definition) is 2. The molecular formula is C10H19NO. The Bertz CT molecular complexity index is 128. The van der Waals surface area contributed by atoms with Crippen LogP contribution in [-0.2, 0) is 4.74 Å². The van der Waals surface area contributed by atoms with Crippen LogP contribution < -0.4 is 5.32 Å². The molecule has 0 spiro atoms. The fraction of sp³-hybridized carbons (Fsp3) is 0.800. The van der Waals surface area contributed by atoms with Gasteiger partial charge < -0.3 is 10.1 Å². The first kappa shape index (κ1) is 9.75.